The number of hydrogen-bond donors (Lipinski definition) is 0. The van der Waals surface area contributed by atoms with Gasteiger partial charge in [-0.05, 0) is 43.7 Å². The summed E-state index contributed by atoms with van der Waals surface area (Å²) in [7, 11) is 0. The number of hydrogen-bond acceptors (Lipinski definition) is 2. The van der Waals surface area contributed by atoms with Crippen LogP contribution in [0.15, 0.2) is 24.3 Å². The fraction of sp³-hybridized carbons (Fsp3) is 0.500. The third-order valence-electron chi connectivity index (χ3n) is 3.21. The Hall–Kier alpha value is -1.31. The van der Waals surface area contributed by atoms with Crippen LogP contribution in [0.2, 0.25) is 0 Å². The maximum Gasteiger partial charge on any atom is 0.163 e. The number of rotatable bonds is 4. The van der Waals surface area contributed by atoms with Crippen LogP contribution in [0.25, 0.3) is 0 Å². The molecule has 0 N–H and O–H groups in total. The molecule has 1 aliphatic rings. The van der Waals surface area contributed by atoms with E-state index in [1.54, 1.807) is 6.92 Å². The number of carbonyl (C=O) groups is 1. The Morgan fingerprint density at radius 1 is 1.38 bits per heavy atom. The SMILES string of the molecule is CC(=O)c1ccccc1OCC1CC(C)C1. The van der Waals surface area contributed by atoms with Crippen LogP contribution in [-0.4, -0.2) is 12.4 Å². The minimum absolute atomic E-state index is 0.0672. The molecule has 0 bridgehead atoms. The molecule has 0 aliphatic heterocycles. The summed E-state index contributed by atoms with van der Waals surface area (Å²) in [6.45, 7) is 4.59. The summed E-state index contributed by atoms with van der Waals surface area (Å²) in [6, 6.07) is 7.47. The van der Waals surface area contributed by atoms with Gasteiger partial charge < -0.3 is 4.74 Å². The van der Waals surface area contributed by atoms with Gasteiger partial charge in [-0.25, -0.2) is 0 Å². The van der Waals surface area contributed by atoms with Gasteiger partial charge in [0.25, 0.3) is 0 Å². The summed E-state index contributed by atoms with van der Waals surface area (Å²) in [6.07, 6.45) is 2.50. The normalized spacial score (nSPS) is 23.6. The van der Waals surface area contributed by atoms with Crippen molar-refractivity contribution in [1.29, 1.82) is 0 Å². The molecule has 2 rings (SSSR count). The minimum Gasteiger partial charge on any atom is -0.493 e. The number of Topliss-reactive ketones (excluding diaryl/α,β-unsaturated/α-hetero) is 1. The Morgan fingerprint density at radius 3 is 2.69 bits per heavy atom. The van der Waals surface area contributed by atoms with Gasteiger partial charge in [-0.1, -0.05) is 19.1 Å². The van der Waals surface area contributed by atoms with E-state index >= 15 is 0 Å². The van der Waals surface area contributed by atoms with Gasteiger partial charge in [0.05, 0.1) is 12.2 Å². The molecule has 1 aliphatic carbocycles. The second-order valence-corrected chi connectivity index (χ2v) is 4.81. The lowest BCUT2D eigenvalue weighted by molar-refractivity contribution is 0.1000. The van der Waals surface area contributed by atoms with Crippen LogP contribution in [0.4, 0.5) is 0 Å². The van der Waals surface area contributed by atoms with Crippen LogP contribution in [0.3, 0.4) is 0 Å². The summed E-state index contributed by atoms with van der Waals surface area (Å²) < 4.78 is 5.73. The Kier molecular flexibility index (Phi) is 3.28. The summed E-state index contributed by atoms with van der Waals surface area (Å²) in [5.41, 5.74) is 0.690. The highest BCUT2D eigenvalue weighted by atomic mass is 16.5. The standard InChI is InChI=1S/C14H18O2/c1-10-7-12(8-10)9-16-14-6-4-3-5-13(14)11(2)15/h3-6,10,12H,7-9H2,1-2H3. The summed E-state index contributed by atoms with van der Waals surface area (Å²) in [4.78, 5) is 11.4. The molecule has 0 saturated heterocycles. The van der Waals surface area contributed by atoms with E-state index < -0.39 is 0 Å². The molecule has 0 radical (unpaired) electrons. The van der Waals surface area contributed by atoms with Crippen LogP contribution in [0, 0.1) is 11.8 Å². The van der Waals surface area contributed by atoms with E-state index in [9.17, 15) is 4.79 Å². The van der Waals surface area contributed by atoms with E-state index in [4.69, 9.17) is 4.74 Å². The molecule has 0 amide bonds. The van der Waals surface area contributed by atoms with E-state index in [2.05, 4.69) is 6.92 Å². The molecule has 1 saturated carbocycles. The first-order valence-corrected chi connectivity index (χ1v) is 5.89. The molecule has 0 atom stereocenters. The molecule has 0 spiro atoms. The Morgan fingerprint density at radius 2 is 2.06 bits per heavy atom. The molecule has 2 nitrogen and oxygen atoms in total. The number of benzene rings is 1. The molecule has 0 aromatic heterocycles. The number of ether oxygens (including phenoxy) is 1. The van der Waals surface area contributed by atoms with Crippen molar-refractivity contribution in [3.8, 4) is 5.75 Å². The summed E-state index contributed by atoms with van der Waals surface area (Å²) >= 11 is 0. The number of carbonyl (C=O) groups excluding carboxylic acids is 1. The van der Waals surface area contributed by atoms with Crippen LogP contribution in [0.5, 0.6) is 5.75 Å². The molecular formula is C14H18O2. The number of para-hydroxylation sites is 1. The highest BCUT2D eigenvalue weighted by Gasteiger charge is 2.25. The molecule has 0 heterocycles. The van der Waals surface area contributed by atoms with Crippen molar-refractivity contribution in [2.24, 2.45) is 11.8 Å². The van der Waals surface area contributed by atoms with Gasteiger partial charge >= 0.3 is 0 Å². The summed E-state index contributed by atoms with van der Waals surface area (Å²) in [5.74, 6) is 2.32. The zero-order valence-electron chi connectivity index (χ0n) is 9.90. The van der Waals surface area contributed by atoms with Crippen LogP contribution < -0.4 is 4.74 Å². The lowest BCUT2D eigenvalue weighted by Crippen LogP contribution is -2.26. The molecule has 1 fully saturated rings. The van der Waals surface area contributed by atoms with Crippen molar-refractivity contribution in [2.45, 2.75) is 26.7 Å². The van der Waals surface area contributed by atoms with Crippen molar-refractivity contribution < 1.29 is 9.53 Å². The van der Waals surface area contributed by atoms with Gasteiger partial charge in [0.15, 0.2) is 5.78 Å². The van der Waals surface area contributed by atoms with Gasteiger partial charge in [-0.3, -0.25) is 4.79 Å². The van der Waals surface area contributed by atoms with E-state index in [1.165, 1.54) is 12.8 Å². The van der Waals surface area contributed by atoms with E-state index in [-0.39, 0.29) is 5.78 Å². The van der Waals surface area contributed by atoms with Crippen LogP contribution in [0.1, 0.15) is 37.0 Å². The largest absolute Gasteiger partial charge is 0.493 e. The lowest BCUT2D eigenvalue weighted by atomic mass is 9.77. The molecular weight excluding hydrogens is 200 g/mol. The quantitative estimate of drug-likeness (QED) is 0.725. The molecule has 1 aromatic rings. The molecule has 1 aromatic carbocycles. The van der Waals surface area contributed by atoms with Gasteiger partial charge in [0.2, 0.25) is 0 Å². The fourth-order valence-corrected chi connectivity index (χ4v) is 2.30. The second-order valence-electron chi connectivity index (χ2n) is 4.81. The average Bonchev–Trinajstić information content (AvgIpc) is 2.23. The first-order valence-electron chi connectivity index (χ1n) is 5.89. The van der Waals surface area contributed by atoms with Crippen molar-refractivity contribution in [2.75, 3.05) is 6.61 Å². The predicted molar refractivity (Wildman–Crippen MR) is 63.8 cm³/mol. The second kappa shape index (κ2) is 4.69. The van der Waals surface area contributed by atoms with Crippen LogP contribution >= 0.6 is 0 Å². The Balaban J connectivity index is 1.95. The van der Waals surface area contributed by atoms with Gasteiger partial charge in [0, 0.05) is 0 Å². The zero-order valence-corrected chi connectivity index (χ0v) is 9.90. The van der Waals surface area contributed by atoms with Gasteiger partial charge in [-0.15, -0.1) is 0 Å². The highest BCUT2D eigenvalue weighted by Crippen LogP contribution is 2.33. The fourth-order valence-electron chi connectivity index (χ4n) is 2.30. The predicted octanol–water partition coefficient (Wildman–Crippen LogP) is 3.31. The maximum atomic E-state index is 11.4. The average molecular weight is 218 g/mol. The van der Waals surface area contributed by atoms with E-state index in [1.807, 2.05) is 24.3 Å². The molecule has 86 valence electrons. The smallest absolute Gasteiger partial charge is 0.163 e. The molecule has 16 heavy (non-hydrogen) atoms. The van der Waals surface area contributed by atoms with Crippen molar-refractivity contribution in [1.82, 2.24) is 0 Å². The monoisotopic (exact) mass is 218 g/mol. The first-order chi connectivity index (χ1) is 7.66. The zero-order chi connectivity index (χ0) is 11.5. The van der Waals surface area contributed by atoms with Crippen molar-refractivity contribution >= 4 is 5.78 Å². The Labute approximate surface area is 96.6 Å². The summed E-state index contributed by atoms with van der Waals surface area (Å²) in [5, 5.41) is 0. The van der Waals surface area contributed by atoms with Gasteiger partial charge in [0.1, 0.15) is 5.75 Å². The lowest BCUT2D eigenvalue weighted by Gasteiger charge is -2.32. The highest BCUT2D eigenvalue weighted by molar-refractivity contribution is 5.96. The first kappa shape index (κ1) is 11.2. The van der Waals surface area contributed by atoms with Gasteiger partial charge in [-0.2, -0.15) is 0 Å². The minimum atomic E-state index is 0.0672. The number of ketones is 1. The maximum absolute atomic E-state index is 11.4. The van der Waals surface area contributed by atoms with Crippen molar-refractivity contribution in [3.63, 3.8) is 0 Å². The third kappa shape index (κ3) is 2.43. The Bertz CT molecular complexity index is 378. The van der Waals surface area contributed by atoms with Crippen LogP contribution in [-0.2, 0) is 0 Å². The third-order valence-corrected chi connectivity index (χ3v) is 3.21. The molecule has 0 unspecified atom stereocenters. The van der Waals surface area contributed by atoms with E-state index in [0.29, 0.717) is 11.5 Å². The topological polar surface area (TPSA) is 26.3 Å². The van der Waals surface area contributed by atoms with Crippen molar-refractivity contribution in [3.05, 3.63) is 29.8 Å². The van der Waals surface area contributed by atoms with E-state index in [0.717, 1.165) is 18.3 Å². The molecule has 2 heteroatoms.